The number of likely N-dealkylation sites (tertiary alicyclic amines) is 1. The predicted octanol–water partition coefficient (Wildman–Crippen LogP) is 3.78. The van der Waals surface area contributed by atoms with E-state index in [1.807, 2.05) is 43.0 Å². The highest BCUT2D eigenvalue weighted by atomic mass is 16.5. The van der Waals surface area contributed by atoms with E-state index in [2.05, 4.69) is 16.4 Å². The van der Waals surface area contributed by atoms with E-state index in [9.17, 15) is 9.59 Å². The van der Waals surface area contributed by atoms with E-state index in [-0.39, 0.29) is 29.5 Å². The molecule has 0 spiro atoms. The standard InChI is InChI=1S/C28H39N3O4/c1-4-23-7-5-6-12-31(23)28(33)27-25(20-35-24-10-8-21(2)9-11-24)30(22(3)19-26(27)32)14-13-29-15-17-34-18-16-29/h8-11,19,23H,4-7,12-18,20H2,1-3H3/t23-/m0/s1. The maximum Gasteiger partial charge on any atom is 0.260 e. The van der Waals surface area contributed by atoms with Crippen molar-refractivity contribution >= 4 is 5.91 Å². The van der Waals surface area contributed by atoms with Gasteiger partial charge in [0.25, 0.3) is 5.91 Å². The summed E-state index contributed by atoms with van der Waals surface area (Å²) < 4.78 is 13.8. The molecule has 0 N–H and O–H groups in total. The summed E-state index contributed by atoms with van der Waals surface area (Å²) in [6.45, 7) is 11.8. The number of pyridine rings is 1. The number of aryl methyl sites for hydroxylation is 2. The van der Waals surface area contributed by atoms with Gasteiger partial charge in [-0.15, -0.1) is 0 Å². The molecule has 0 unspecified atom stereocenters. The first kappa shape index (κ1) is 25.5. The molecule has 0 bridgehead atoms. The molecular weight excluding hydrogens is 442 g/mol. The first-order chi connectivity index (χ1) is 17.0. The number of ether oxygens (including phenoxy) is 2. The van der Waals surface area contributed by atoms with Gasteiger partial charge in [-0.25, -0.2) is 0 Å². The van der Waals surface area contributed by atoms with E-state index in [4.69, 9.17) is 9.47 Å². The molecule has 2 fully saturated rings. The second-order valence-corrected chi connectivity index (χ2v) is 9.74. The minimum Gasteiger partial charge on any atom is -0.487 e. The van der Waals surface area contributed by atoms with Crippen LogP contribution in [0.4, 0.5) is 0 Å². The number of aromatic nitrogens is 1. The molecule has 0 saturated carbocycles. The molecular formula is C28H39N3O4. The molecule has 2 aliphatic rings. The van der Waals surface area contributed by atoms with Crippen LogP contribution in [0.2, 0.25) is 0 Å². The second kappa shape index (κ2) is 11.9. The van der Waals surface area contributed by atoms with Gasteiger partial charge in [-0.05, 0) is 51.7 Å². The van der Waals surface area contributed by atoms with Gasteiger partial charge in [0, 0.05) is 50.5 Å². The van der Waals surface area contributed by atoms with Gasteiger partial charge in [-0.2, -0.15) is 0 Å². The van der Waals surface area contributed by atoms with E-state index in [0.29, 0.717) is 18.8 Å². The highest BCUT2D eigenvalue weighted by molar-refractivity contribution is 5.95. The van der Waals surface area contributed by atoms with Gasteiger partial charge in [-0.1, -0.05) is 24.6 Å². The third-order valence-corrected chi connectivity index (χ3v) is 7.34. The van der Waals surface area contributed by atoms with Gasteiger partial charge in [0.05, 0.1) is 18.9 Å². The Labute approximate surface area is 208 Å². The fraction of sp³-hybridized carbons (Fsp3) is 0.571. The van der Waals surface area contributed by atoms with Crippen molar-refractivity contribution in [1.82, 2.24) is 14.4 Å². The van der Waals surface area contributed by atoms with Crippen LogP contribution >= 0.6 is 0 Å². The maximum atomic E-state index is 13.9. The number of amides is 1. The van der Waals surface area contributed by atoms with Gasteiger partial charge in [-0.3, -0.25) is 14.5 Å². The topological polar surface area (TPSA) is 64.0 Å². The molecule has 2 aliphatic heterocycles. The molecule has 1 aromatic heterocycles. The monoisotopic (exact) mass is 481 g/mol. The van der Waals surface area contributed by atoms with E-state index >= 15 is 0 Å². The largest absolute Gasteiger partial charge is 0.487 e. The minimum absolute atomic E-state index is 0.149. The van der Waals surface area contributed by atoms with Gasteiger partial charge in [0.1, 0.15) is 17.9 Å². The van der Waals surface area contributed by atoms with Gasteiger partial charge >= 0.3 is 0 Å². The van der Waals surface area contributed by atoms with Crippen molar-refractivity contribution in [2.75, 3.05) is 39.4 Å². The van der Waals surface area contributed by atoms with Crippen molar-refractivity contribution in [2.24, 2.45) is 0 Å². The van der Waals surface area contributed by atoms with Crippen LogP contribution in [0.25, 0.3) is 0 Å². The smallest absolute Gasteiger partial charge is 0.260 e. The molecule has 2 saturated heterocycles. The van der Waals surface area contributed by atoms with Crippen LogP contribution in [0.3, 0.4) is 0 Å². The van der Waals surface area contributed by atoms with Crippen molar-refractivity contribution < 1.29 is 14.3 Å². The molecule has 190 valence electrons. The summed E-state index contributed by atoms with van der Waals surface area (Å²) in [6, 6.07) is 9.67. The van der Waals surface area contributed by atoms with Crippen molar-refractivity contribution in [3.05, 3.63) is 63.1 Å². The average Bonchev–Trinajstić information content (AvgIpc) is 2.88. The number of rotatable bonds is 8. The zero-order chi connectivity index (χ0) is 24.8. The van der Waals surface area contributed by atoms with Crippen molar-refractivity contribution in [2.45, 2.75) is 65.6 Å². The normalized spacial score (nSPS) is 19.1. The van der Waals surface area contributed by atoms with Crippen LogP contribution in [-0.2, 0) is 17.9 Å². The number of hydrogen-bond acceptors (Lipinski definition) is 5. The number of hydrogen-bond donors (Lipinski definition) is 0. The van der Waals surface area contributed by atoms with E-state index < -0.39 is 0 Å². The Kier molecular flexibility index (Phi) is 8.63. The van der Waals surface area contributed by atoms with Gasteiger partial charge in [0.2, 0.25) is 0 Å². The molecule has 7 nitrogen and oxygen atoms in total. The molecule has 0 aliphatic carbocycles. The van der Waals surface area contributed by atoms with Gasteiger partial charge < -0.3 is 18.9 Å². The van der Waals surface area contributed by atoms with Crippen molar-refractivity contribution in [3.63, 3.8) is 0 Å². The Morgan fingerprint density at radius 2 is 1.80 bits per heavy atom. The number of piperidine rings is 1. The minimum atomic E-state index is -0.210. The maximum absolute atomic E-state index is 13.9. The third kappa shape index (κ3) is 6.14. The first-order valence-corrected chi connectivity index (χ1v) is 13.0. The average molecular weight is 482 g/mol. The zero-order valence-electron chi connectivity index (χ0n) is 21.4. The number of carbonyl (C=O) groups excluding carboxylic acids is 1. The fourth-order valence-corrected chi connectivity index (χ4v) is 5.21. The molecule has 3 heterocycles. The van der Waals surface area contributed by atoms with Crippen LogP contribution in [0.1, 0.15) is 59.9 Å². The quantitative estimate of drug-likeness (QED) is 0.574. The molecule has 1 atom stereocenters. The lowest BCUT2D eigenvalue weighted by Gasteiger charge is -2.36. The third-order valence-electron chi connectivity index (χ3n) is 7.34. The Balaban J connectivity index is 1.68. The van der Waals surface area contributed by atoms with Crippen LogP contribution in [0.5, 0.6) is 5.75 Å². The predicted molar refractivity (Wildman–Crippen MR) is 137 cm³/mol. The second-order valence-electron chi connectivity index (χ2n) is 9.74. The Morgan fingerprint density at radius 1 is 1.06 bits per heavy atom. The zero-order valence-corrected chi connectivity index (χ0v) is 21.4. The highest BCUT2D eigenvalue weighted by Crippen LogP contribution is 2.23. The summed E-state index contributed by atoms with van der Waals surface area (Å²) >= 11 is 0. The van der Waals surface area contributed by atoms with E-state index in [0.717, 1.165) is 75.5 Å². The molecule has 1 aromatic carbocycles. The molecule has 2 aromatic rings. The van der Waals surface area contributed by atoms with Crippen molar-refractivity contribution in [3.8, 4) is 5.75 Å². The lowest BCUT2D eigenvalue weighted by atomic mass is 9.98. The summed E-state index contributed by atoms with van der Waals surface area (Å²) in [5.74, 6) is 0.580. The summed E-state index contributed by atoms with van der Waals surface area (Å²) in [7, 11) is 0. The summed E-state index contributed by atoms with van der Waals surface area (Å²) in [5, 5.41) is 0. The van der Waals surface area contributed by atoms with E-state index in [1.54, 1.807) is 6.07 Å². The fourth-order valence-electron chi connectivity index (χ4n) is 5.21. The van der Waals surface area contributed by atoms with E-state index in [1.165, 1.54) is 0 Å². The number of benzene rings is 1. The molecule has 1 amide bonds. The van der Waals surface area contributed by atoms with Crippen LogP contribution < -0.4 is 10.2 Å². The Morgan fingerprint density at radius 3 is 2.51 bits per heavy atom. The number of carbonyl (C=O) groups is 1. The molecule has 35 heavy (non-hydrogen) atoms. The summed E-state index contributed by atoms with van der Waals surface area (Å²) in [5.41, 5.74) is 2.74. The summed E-state index contributed by atoms with van der Waals surface area (Å²) in [6.07, 6.45) is 4.00. The van der Waals surface area contributed by atoms with Crippen LogP contribution in [-0.4, -0.2) is 65.7 Å². The Bertz CT molecular complexity index is 1060. The highest BCUT2D eigenvalue weighted by Gasteiger charge is 2.31. The number of nitrogens with zero attached hydrogens (tertiary/aromatic N) is 3. The Hall–Kier alpha value is -2.64. The van der Waals surface area contributed by atoms with Crippen LogP contribution in [0.15, 0.2) is 35.1 Å². The molecule has 4 rings (SSSR count). The lowest BCUT2D eigenvalue weighted by molar-refractivity contribution is 0.0361. The van der Waals surface area contributed by atoms with Gasteiger partial charge in [0.15, 0.2) is 5.43 Å². The first-order valence-electron chi connectivity index (χ1n) is 13.0. The SMILES string of the molecule is CC[C@H]1CCCCN1C(=O)c1c(COc2ccc(C)cc2)n(CCN2CCOCC2)c(C)cc1=O. The van der Waals surface area contributed by atoms with Crippen molar-refractivity contribution in [1.29, 1.82) is 0 Å². The molecule has 7 heteroatoms. The van der Waals surface area contributed by atoms with Crippen LogP contribution in [0, 0.1) is 13.8 Å². The number of morpholine rings is 1. The summed E-state index contributed by atoms with van der Waals surface area (Å²) in [4.78, 5) is 31.5. The lowest BCUT2D eigenvalue weighted by Crippen LogP contribution is -2.46. The molecule has 0 radical (unpaired) electrons.